The maximum Gasteiger partial charge on any atom is 0.176 e. The van der Waals surface area contributed by atoms with Gasteiger partial charge < -0.3 is 30.5 Å². The highest BCUT2D eigenvalue weighted by Crippen LogP contribution is 2.23. The molecule has 9 heteroatoms. The molecule has 6 atom stereocenters. The first-order valence-electron chi connectivity index (χ1n) is 7.66. The van der Waals surface area contributed by atoms with Crippen LogP contribution in [0.1, 0.15) is 5.56 Å². The van der Waals surface area contributed by atoms with Gasteiger partial charge in [-0.3, -0.25) is 0 Å². The molecule has 1 fully saturated rings. The highest BCUT2D eigenvalue weighted by Gasteiger charge is 2.45. The molecule has 1 aliphatic rings. The van der Waals surface area contributed by atoms with E-state index in [1.807, 2.05) is 19.1 Å². The van der Waals surface area contributed by atoms with E-state index in [4.69, 9.17) is 15.2 Å². The molecule has 0 radical (unpaired) electrons. The first-order valence-corrected chi connectivity index (χ1v) is 8.81. The molecule has 0 aliphatic carbocycles. The van der Waals surface area contributed by atoms with Crippen LogP contribution < -0.4 is 10.5 Å². The Kier molecular flexibility index (Phi) is 7.26. The molecule has 24 heavy (non-hydrogen) atoms. The number of aryl methyl sites for hydroxylation is 1. The molecule has 2 rings (SSSR count). The van der Waals surface area contributed by atoms with Gasteiger partial charge in [0.2, 0.25) is 0 Å². The maximum absolute atomic E-state index is 12.5. The van der Waals surface area contributed by atoms with E-state index in [0.29, 0.717) is 4.90 Å². The predicted molar refractivity (Wildman–Crippen MR) is 87.3 cm³/mol. The van der Waals surface area contributed by atoms with E-state index in [-0.39, 0.29) is 13.2 Å². The minimum atomic E-state index is -1.64. The first kappa shape index (κ1) is 19.4. The van der Waals surface area contributed by atoms with Gasteiger partial charge in [-0.15, -0.1) is 0 Å². The van der Waals surface area contributed by atoms with E-state index >= 15 is 0 Å². The summed E-state index contributed by atoms with van der Waals surface area (Å²) < 4.78 is 26.1. The molecule has 0 saturated carbocycles. The quantitative estimate of drug-likeness (QED) is 0.395. The van der Waals surface area contributed by atoms with Crippen LogP contribution in [-0.4, -0.2) is 69.9 Å². The average Bonchev–Trinajstić information content (AvgIpc) is 2.58. The number of hydrogen-bond acceptors (Lipinski definition) is 7. The smallest absolute Gasteiger partial charge is 0.176 e. The standard InChI is InChI=1S/C15H24N2O6S/c1-9-2-4-10(5-3-9)24(21)17-12-14(20)13(19)11(8-18)23-15(12)22-7-6-16/h2-5,11-15,17-20H,6-8,16H2,1H3. The van der Waals surface area contributed by atoms with E-state index < -0.39 is 48.2 Å². The number of aliphatic hydroxyl groups excluding tert-OH is 3. The molecule has 6 unspecified atom stereocenters. The molecule has 1 heterocycles. The van der Waals surface area contributed by atoms with Crippen LogP contribution in [0.4, 0.5) is 0 Å². The van der Waals surface area contributed by atoms with Crippen molar-refractivity contribution in [2.24, 2.45) is 5.73 Å². The van der Waals surface area contributed by atoms with Crippen molar-refractivity contribution in [3.05, 3.63) is 29.8 Å². The summed E-state index contributed by atoms with van der Waals surface area (Å²) in [7, 11) is -1.64. The summed E-state index contributed by atoms with van der Waals surface area (Å²) in [5.74, 6) is 0. The Hall–Kier alpha value is -0.910. The minimum absolute atomic E-state index is 0.154. The number of nitrogens with two attached hydrogens (primary N) is 1. The van der Waals surface area contributed by atoms with Gasteiger partial charge in [0.05, 0.1) is 24.2 Å². The van der Waals surface area contributed by atoms with Gasteiger partial charge in [-0.05, 0) is 19.1 Å². The van der Waals surface area contributed by atoms with Gasteiger partial charge >= 0.3 is 0 Å². The lowest BCUT2D eigenvalue weighted by Crippen LogP contribution is -2.64. The van der Waals surface area contributed by atoms with Gasteiger partial charge in [-0.2, -0.15) is 0 Å². The Balaban J connectivity index is 2.13. The van der Waals surface area contributed by atoms with Crippen LogP contribution in [-0.2, 0) is 20.5 Å². The van der Waals surface area contributed by atoms with Crippen LogP contribution in [0.3, 0.4) is 0 Å². The lowest BCUT2D eigenvalue weighted by Gasteiger charge is -2.42. The fourth-order valence-electron chi connectivity index (χ4n) is 2.39. The van der Waals surface area contributed by atoms with E-state index in [2.05, 4.69) is 4.72 Å². The summed E-state index contributed by atoms with van der Waals surface area (Å²) in [6.07, 6.45) is -4.65. The molecule has 136 valence electrons. The lowest BCUT2D eigenvalue weighted by molar-refractivity contribution is -0.267. The Morgan fingerprint density at radius 3 is 2.54 bits per heavy atom. The second-order valence-electron chi connectivity index (χ2n) is 5.59. The van der Waals surface area contributed by atoms with Crippen LogP contribution in [0.2, 0.25) is 0 Å². The van der Waals surface area contributed by atoms with E-state index in [1.54, 1.807) is 12.1 Å². The molecule has 1 aliphatic heterocycles. The van der Waals surface area contributed by atoms with Crippen LogP contribution in [0.25, 0.3) is 0 Å². The molecule has 1 saturated heterocycles. The summed E-state index contributed by atoms with van der Waals surface area (Å²) >= 11 is 0. The Morgan fingerprint density at radius 1 is 1.29 bits per heavy atom. The van der Waals surface area contributed by atoms with E-state index in [1.165, 1.54) is 0 Å². The third-order valence-electron chi connectivity index (χ3n) is 3.76. The fraction of sp³-hybridized carbons (Fsp3) is 0.600. The summed E-state index contributed by atoms with van der Waals surface area (Å²) in [4.78, 5) is 0.518. The molecular formula is C15H24N2O6S. The van der Waals surface area contributed by atoms with Crippen molar-refractivity contribution in [2.75, 3.05) is 19.8 Å². The van der Waals surface area contributed by atoms with Crippen molar-refractivity contribution in [3.63, 3.8) is 0 Å². The summed E-state index contributed by atoms with van der Waals surface area (Å²) in [6, 6.07) is 6.11. The van der Waals surface area contributed by atoms with Crippen LogP contribution in [0, 0.1) is 6.92 Å². The molecule has 0 bridgehead atoms. The largest absolute Gasteiger partial charge is 0.394 e. The van der Waals surface area contributed by atoms with Gasteiger partial charge in [0, 0.05) is 6.54 Å². The van der Waals surface area contributed by atoms with E-state index in [9.17, 15) is 19.5 Å². The van der Waals surface area contributed by atoms with Crippen molar-refractivity contribution >= 4 is 11.0 Å². The van der Waals surface area contributed by atoms with Gasteiger partial charge in [0.25, 0.3) is 0 Å². The maximum atomic E-state index is 12.5. The average molecular weight is 360 g/mol. The van der Waals surface area contributed by atoms with Crippen molar-refractivity contribution in [1.82, 2.24) is 4.72 Å². The molecule has 1 aromatic rings. The van der Waals surface area contributed by atoms with E-state index in [0.717, 1.165) is 5.56 Å². The monoisotopic (exact) mass is 360 g/mol. The summed E-state index contributed by atoms with van der Waals surface area (Å²) in [5, 5.41) is 29.6. The minimum Gasteiger partial charge on any atom is -0.394 e. The van der Waals surface area contributed by atoms with Crippen molar-refractivity contribution in [1.29, 1.82) is 0 Å². The number of nitrogens with one attached hydrogen (secondary N) is 1. The molecule has 6 N–H and O–H groups in total. The summed E-state index contributed by atoms with van der Waals surface area (Å²) in [6.45, 7) is 1.83. The summed E-state index contributed by atoms with van der Waals surface area (Å²) in [5.41, 5.74) is 6.43. The fourth-order valence-corrected chi connectivity index (χ4v) is 3.40. The third kappa shape index (κ3) is 4.58. The van der Waals surface area contributed by atoms with Crippen molar-refractivity contribution in [3.8, 4) is 0 Å². The van der Waals surface area contributed by atoms with Crippen LogP contribution in [0.15, 0.2) is 29.2 Å². The second kappa shape index (κ2) is 8.97. The van der Waals surface area contributed by atoms with Crippen molar-refractivity contribution in [2.45, 2.75) is 42.5 Å². The highest BCUT2D eigenvalue weighted by atomic mass is 32.2. The number of ether oxygens (including phenoxy) is 2. The number of benzene rings is 1. The molecule has 0 aromatic heterocycles. The lowest BCUT2D eigenvalue weighted by atomic mass is 9.98. The Morgan fingerprint density at radius 2 is 1.96 bits per heavy atom. The normalized spacial score (nSPS) is 31.8. The van der Waals surface area contributed by atoms with Gasteiger partial charge in [-0.1, -0.05) is 17.7 Å². The molecule has 0 spiro atoms. The van der Waals surface area contributed by atoms with Crippen LogP contribution >= 0.6 is 0 Å². The number of rotatable bonds is 7. The van der Waals surface area contributed by atoms with Gasteiger partial charge in [-0.25, -0.2) is 8.93 Å². The molecule has 0 amide bonds. The molecule has 1 aromatic carbocycles. The van der Waals surface area contributed by atoms with Gasteiger partial charge in [0.15, 0.2) is 6.29 Å². The first-order chi connectivity index (χ1) is 11.5. The molecular weight excluding hydrogens is 336 g/mol. The topological polar surface area (TPSA) is 134 Å². The predicted octanol–water partition coefficient (Wildman–Crippen LogP) is -1.61. The highest BCUT2D eigenvalue weighted by molar-refractivity contribution is 7.83. The van der Waals surface area contributed by atoms with Gasteiger partial charge in [0.1, 0.15) is 29.3 Å². The van der Waals surface area contributed by atoms with Crippen molar-refractivity contribution < 1.29 is 29.0 Å². The second-order valence-corrected chi connectivity index (χ2v) is 6.84. The zero-order valence-corrected chi connectivity index (χ0v) is 14.2. The zero-order valence-electron chi connectivity index (χ0n) is 13.4. The SMILES string of the molecule is Cc1ccc(S(=O)NC2C(OCCN)OC(CO)C(O)C2O)cc1. The zero-order chi connectivity index (χ0) is 17.7. The third-order valence-corrected chi connectivity index (χ3v) is 4.95. The Labute approximate surface area is 143 Å². The number of aliphatic hydroxyl groups is 3. The van der Waals surface area contributed by atoms with Crippen LogP contribution in [0.5, 0.6) is 0 Å². The number of hydrogen-bond donors (Lipinski definition) is 5. The Bertz CT molecular complexity index is 543. The molecule has 8 nitrogen and oxygen atoms in total.